The van der Waals surface area contributed by atoms with E-state index in [4.69, 9.17) is 0 Å². The zero-order valence-corrected chi connectivity index (χ0v) is 10.8. The maximum absolute atomic E-state index is 10.7. The topological polar surface area (TPSA) is 68.1 Å². The molecule has 5 heteroatoms. The molecule has 0 saturated heterocycles. The van der Waals surface area contributed by atoms with Crippen LogP contribution in [0.5, 0.6) is 0 Å². The lowest BCUT2D eigenvalue weighted by atomic mass is 10.1. The van der Waals surface area contributed by atoms with Gasteiger partial charge in [0, 0.05) is 12.1 Å². The van der Waals surface area contributed by atoms with Crippen LogP contribution in [-0.4, -0.2) is 9.91 Å². The highest BCUT2D eigenvalue weighted by atomic mass is 16.6. The van der Waals surface area contributed by atoms with Crippen LogP contribution < -0.4 is 5.32 Å². The predicted molar refractivity (Wildman–Crippen MR) is 74.1 cm³/mol. The standard InChI is InChI=1S/C14H15N3O2/c1-10-8-13(17(18)19)9-15-14(10)16-11(2)12-6-4-3-5-7-12/h3-9,11H,1-2H3,(H,15,16)/t11-/m0/s1. The first-order valence-electron chi connectivity index (χ1n) is 6.00. The third-order valence-corrected chi connectivity index (χ3v) is 2.93. The van der Waals surface area contributed by atoms with E-state index in [9.17, 15) is 10.1 Å². The van der Waals surface area contributed by atoms with Crippen LogP contribution in [-0.2, 0) is 0 Å². The number of aromatic nitrogens is 1. The quantitative estimate of drug-likeness (QED) is 0.672. The van der Waals surface area contributed by atoms with E-state index >= 15 is 0 Å². The minimum atomic E-state index is -0.440. The Bertz CT molecular complexity index is 584. The Hall–Kier alpha value is -2.43. The second kappa shape index (κ2) is 5.48. The van der Waals surface area contributed by atoms with E-state index in [0.717, 1.165) is 11.1 Å². The zero-order valence-electron chi connectivity index (χ0n) is 10.8. The van der Waals surface area contributed by atoms with Crippen molar-refractivity contribution < 1.29 is 4.92 Å². The van der Waals surface area contributed by atoms with Gasteiger partial charge in [-0.2, -0.15) is 0 Å². The first-order chi connectivity index (χ1) is 9.08. The summed E-state index contributed by atoms with van der Waals surface area (Å²) < 4.78 is 0. The summed E-state index contributed by atoms with van der Waals surface area (Å²) in [5.74, 6) is 0.668. The lowest BCUT2D eigenvalue weighted by Gasteiger charge is -2.16. The van der Waals surface area contributed by atoms with Crippen LogP contribution in [0.1, 0.15) is 24.1 Å². The molecule has 1 atom stereocenters. The SMILES string of the molecule is Cc1cc([N+](=O)[O-])cnc1N[C@@H](C)c1ccccc1. The fourth-order valence-electron chi connectivity index (χ4n) is 1.84. The van der Waals surface area contributed by atoms with Crippen molar-refractivity contribution in [3.63, 3.8) is 0 Å². The summed E-state index contributed by atoms with van der Waals surface area (Å²) in [4.78, 5) is 14.3. The third-order valence-electron chi connectivity index (χ3n) is 2.93. The monoisotopic (exact) mass is 257 g/mol. The highest BCUT2D eigenvalue weighted by molar-refractivity contribution is 5.49. The van der Waals surface area contributed by atoms with Crippen LogP contribution in [0.15, 0.2) is 42.6 Å². The van der Waals surface area contributed by atoms with Crippen molar-refractivity contribution in [1.29, 1.82) is 0 Å². The van der Waals surface area contributed by atoms with Gasteiger partial charge in [0.05, 0.1) is 4.92 Å². The van der Waals surface area contributed by atoms with E-state index in [1.807, 2.05) is 37.3 Å². The van der Waals surface area contributed by atoms with Crippen molar-refractivity contribution in [3.8, 4) is 0 Å². The predicted octanol–water partition coefficient (Wildman–Crippen LogP) is 3.47. The number of nitrogens with one attached hydrogen (secondary N) is 1. The Morgan fingerprint density at radius 3 is 2.58 bits per heavy atom. The number of benzene rings is 1. The minimum absolute atomic E-state index is 0.00964. The summed E-state index contributed by atoms with van der Waals surface area (Å²) >= 11 is 0. The summed E-state index contributed by atoms with van der Waals surface area (Å²) in [7, 11) is 0. The molecule has 0 aliphatic heterocycles. The van der Waals surface area contributed by atoms with Crippen molar-refractivity contribution in [1.82, 2.24) is 4.98 Å². The van der Waals surface area contributed by atoms with Crippen LogP contribution in [0.3, 0.4) is 0 Å². The lowest BCUT2D eigenvalue weighted by molar-refractivity contribution is -0.385. The fraction of sp³-hybridized carbons (Fsp3) is 0.214. The van der Waals surface area contributed by atoms with Gasteiger partial charge in [0.25, 0.3) is 5.69 Å². The van der Waals surface area contributed by atoms with E-state index < -0.39 is 4.92 Å². The summed E-state index contributed by atoms with van der Waals surface area (Å²) in [6.45, 7) is 3.83. The number of hydrogen-bond acceptors (Lipinski definition) is 4. The van der Waals surface area contributed by atoms with E-state index in [0.29, 0.717) is 5.82 Å². The second-order valence-corrected chi connectivity index (χ2v) is 4.39. The van der Waals surface area contributed by atoms with Gasteiger partial charge in [0.15, 0.2) is 0 Å². The van der Waals surface area contributed by atoms with Crippen LogP contribution in [0, 0.1) is 17.0 Å². The number of anilines is 1. The van der Waals surface area contributed by atoms with Crippen molar-refractivity contribution in [2.75, 3.05) is 5.32 Å². The van der Waals surface area contributed by atoms with Crippen molar-refractivity contribution >= 4 is 11.5 Å². The van der Waals surface area contributed by atoms with Gasteiger partial charge >= 0.3 is 0 Å². The number of hydrogen-bond donors (Lipinski definition) is 1. The molecule has 5 nitrogen and oxygen atoms in total. The van der Waals surface area contributed by atoms with Crippen molar-refractivity contribution in [2.24, 2.45) is 0 Å². The van der Waals surface area contributed by atoms with Gasteiger partial charge < -0.3 is 5.32 Å². The molecule has 98 valence electrons. The van der Waals surface area contributed by atoms with E-state index in [2.05, 4.69) is 10.3 Å². The largest absolute Gasteiger partial charge is 0.363 e. The van der Waals surface area contributed by atoms with Gasteiger partial charge in [-0.1, -0.05) is 30.3 Å². The van der Waals surface area contributed by atoms with Gasteiger partial charge in [0.1, 0.15) is 12.0 Å². The average molecular weight is 257 g/mol. The summed E-state index contributed by atoms with van der Waals surface area (Å²) in [5.41, 5.74) is 1.91. The second-order valence-electron chi connectivity index (χ2n) is 4.39. The van der Waals surface area contributed by atoms with Crippen molar-refractivity contribution in [3.05, 3.63) is 63.8 Å². The molecule has 0 unspecified atom stereocenters. The summed E-state index contributed by atoms with van der Waals surface area (Å²) in [6.07, 6.45) is 1.27. The molecule has 0 fully saturated rings. The number of pyridine rings is 1. The molecule has 1 N–H and O–H groups in total. The summed E-state index contributed by atoms with van der Waals surface area (Å²) in [5, 5.41) is 13.9. The molecule has 0 spiro atoms. The van der Waals surface area contributed by atoms with E-state index in [1.54, 1.807) is 6.92 Å². The van der Waals surface area contributed by atoms with Crippen molar-refractivity contribution in [2.45, 2.75) is 19.9 Å². The Kier molecular flexibility index (Phi) is 3.75. The lowest BCUT2D eigenvalue weighted by Crippen LogP contribution is -2.09. The van der Waals surface area contributed by atoms with Crippen LogP contribution >= 0.6 is 0 Å². The molecule has 0 radical (unpaired) electrons. The molecule has 1 aromatic carbocycles. The highest BCUT2D eigenvalue weighted by Gasteiger charge is 2.11. The Balaban J connectivity index is 2.18. The van der Waals surface area contributed by atoms with Crippen LogP contribution in [0.25, 0.3) is 0 Å². The molecule has 0 saturated carbocycles. The van der Waals surface area contributed by atoms with Crippen LogP contribution in [0.4, 0.5) is 11.5 Å². The molecular weight excluding hydrogens is 242 g/mol. The molecule has 1 aromatic heterocycles. The number of aryl methyl sites for hydroxylation is 1. The van der Waals surface area contributed by atoms with Gasteiger partial charge in [-0.3, -0.25) is 10.1 Å². The first-order valence-corrected chi connectivity index (χ1v) is 6.00. The van der Waals surface area contributed by atoms with Crippen LogP contribution in [0.2, 0.25) is 0 Å². The van der Waals surface area contributed by atoms with E-state index in [-0.39, 0.29) is 11.7 Å². The number of rotatable bonds is 4. The molecular formula is C14H15N3O2. The Morgan fingerprint density at radius 1 is 1.32 bits per heavy atom. The minimum Gasteiger partial charge on any atom is -0.363 e. The average Bonchev–Trinajstić information content (AvgIpc) is 2.41. The fourth-order valence-corrected chi connectivity index (χ4v) is 1.84. The molecule has 0 amide bonds. The molecule has 0 aliphatic carbocycles. The molecule has 1 heterocycles. The smallest absolute Gasteiger partial charge is 0.287 e. The Morgan fingerprint density at radius 2 is 2.00 bits per heavy atom. The first kappa shape index (κ1) is 13.0. The normalized spacial score (nSPS) is 11.9. The third kappa shape index (κ3) is 3.07. The number of nitrogens with zero attached hydrogens (tertiary/aromatic N) is 2. The van der Waals surface area contributed by atoms with Gasteiger partial charge in [-0.25, -0.2) is 4.98 Å². The Labute approximate surface area is 111 Å². The molecule has 0 bridgehead atoms. The summed E-state index contributed by atoms with van der Waals surface area (Å²) in [6, 6.07) is 11.6. The maximum atomic E-state index is 10.7. The number of nitro groups is 1. The van der Waals surface area contributed by atoms with E-state index in [1.165, 1.54) is 12.3 Å². The van der Waals surface area contributed by atoms with Gasteiger partial charge in [-0.05, 0) is 25.0 Å². The van der Waals surface area contributed by atoms with Gasteiger partial charge in [-0.15, -0.1) is 0 Å². The highest BCUT2D eigenvalue weighted by Crippen LogP contribution is 2.22. The zero-order chi connectivity index (χ0) is 13.8. The van der Waals surface area contributed by atoms with Gasteiger partial charge in [0.2, 0.25) is 0 Å². The molecule has 19 heavy (non-hydrogen) atoms. The molecule has 2 rings (SSSR count). The molecule has 0 aliphatic rings. The molecule has 2 aromatic rings. The maximum Gasteiger partial charge on any atom is 0.287 e.